The summed E-state index contributed by atoms with van der Waals surface area (Å²) in [6.07, 6.45) is 0. The van der Waals surface area contributed by atoms with Gasteiger partial charge >= 0.3 is 0 Å². The number of nitrogens with zero attached hydrogens (tertiary/aromatic N) is 1. The maximum absolute atomic E-state index is 9.53. The Morgan fingerprint density at radius 2 is 1.18 bits per heavy atom. The van der Waals surface area contributed by atoms with Gasteiger partial charge in [0.15, 0.2) is 5.58 Å². The molecule has 0 spiro atoms. The zero-order valence-corrected chi connectivity index (χ0v) is 23.9. The highest BCUT2D eigenvalue weighted by atomic mass is 16.3. The molecule has 45 heavy (non-hydrogen) atoms. The van der Waals surface area contributed by atoms with Crippen LogP contribution in [-0.2, 0) is 0 Å². The summed E-state index contributed by atoms with van der Waals surface area (Å²) in [5.41, 5.74) is 6.47. The molecule has 0 bridgehead atoms. The number of hydrogen-bond donors (Lipinski definition) is 0. The molecule has 7 aromatic carbocycles. The van der Waals surface area contributed by atoms with Crippen LogP contribution >= 0.6 is 0 Å². The van der Waals surface area contributed by atoms with E-state index in [1.165, 1.54) is 6.07 Å². The van der Waals surface area contributed by atoms with Crippen molar-refractivity contribution in [1.29, 1.82) is 0 Å². The van der Waals surface area contributed by atoms with Crippen LogP contribution in [0.2, 0.25) is 0 Å². The molecule has 0 unspecified atom stereocenters. The second kappa shape index (κ2) is 10.3. The molecule has 2 heterocycles. The SMILES string of the molecule is [2H]c1cc2c(oc3c([2H])c([2H])c([2H])c(N(c4ccc(-c5ccccc5)cc4)c4c(-c5ccccc5)ccc5c4oc4ccccc45)c32)c([2H])c1[2H]. The van der Waals surface area contributed by atoms with Gasteiger partial charge in [0.2, 0.25) is 0 Å². The molecule has 0 saturated carbocycles. The summed E-state index contributed by atoms with van der Waals surface area (Å²) < 4.78 is 65.8. The summed E-state index contributed by atoms with van der Waals surface area (Å²) in [5, 5.41) is 2.39. The summed E-state index contributed by atoms with van der Waals surface area (Å²) in [6.45, 7) is 0. The van der Waals surface area contributed by atoms with Crippen molar-refractivity contribution in [3.05, 3.63) is 164 Å². The standard InChI is InChI=1S/C42H27NO2/c1-3-12-28(13-4-1)29-22-24-31(25-23-29)43(36-18-11-21-39-40(36)35-17-8-10-20-38(35)44-39)41-32(30-14-5-2-6-15-30)26-27-34-33-16-7-9-19-37(33)45-42(34)41/h1-27H/i8D,10D,11D,18D,20D,21D. The molecular weight excluding hydrogens is 550 g/mol. The lowest BCUT2D eigenvalue weighted by Gasteiger charge is -2.28. The summed E-state index contributed by atoms with van der Waals surface area (Å²) >= 11 is 0. The summed E-state index contributed by atoms with van der Waals surface area (Å²) in [5.74, 6) is 0. The van der Waals surface area contributed by atoms with E-state index in [-0.39, 0.29) is 53.1 Å². The van der Waals surface area contributed by atoms with Crippen LogP contribution in [0.4, 0.5) is 17.1 Å². The van der Waals surface area contributed by atoms with Gasteiger partial charge in [-0.25, -0.2) is 0 Å². The van der Waals surface area contributed by atoms with Crippen molar-refractivity contribution >= 4 is 60.9 Å². The van der Waals surface area contributed by atoms with Crippen molar-refractivity contribution in [2.24, 2.45) is 0 Å². The third-order valence-electron chi connectivity index (χ3n) is 8.29. The van der Waals surface area contributed by atoms with Crippen LogP contribution in [0.3, 0.4) is 0 Å². The Bertz CT molecular complexity index is 2810. The smallest absolute Gasteiger partial charge is 0.160 e. The number of anilines is 3. The minimum Gasteiger partial charge on any atom is -0.456 e. The number of rotatable bonds is 5. The quantitative estimate of drug-likeness (QED) is 0.202. The molecule has 0 aliphatic carbocycles. The van der Waals surface area contributed by atoms with Crippen molar-refractivity contribution in [3.8, 4) is 22.3 Å². The number of benzene rings is 7. The lowest BCUT2D eigenvalue weighted by atomic mass is 9.98. The molecular formula is C42H27NO2. The average molecular weight is 584 g/mol. The lowest BCUT2D eigenvalue weighted by Crippen LogP contribution is -2.12. The maximum atomic E-state index is 9.53. The van der Waals surface area contributed by atoms with E-state index >= 15 is 0 Å². The second-order valence-corrected chi connectivity index (χ2v) is 10.9. The van der Waals surface area contributed by atoms with Gasteiger partial charge in [-0.1, -0.05) is 121 Å². The first-order valence-electron chi connectivity index (χ1n) is 17.7. The monoisotopic (exact) mass is 583 g/mol. The van der Waals surface area contributed by atoms with Crippen LogP contribution in [0, 0.1) is 0 Å². The first-order valence-corrected chi connectivity index (χ1v) is 14.7. The van der Waals surface area contributed by atoms with Crippen LogP contribution in [-0.4, -0.2) is 0 Å². The first kappa shape index (κ1) is 20.0. The third-order valence-corrected chi connectivity index (χ3v) is 8.29. The van der Waals surface area contributed by atoms with Crippen molar-refractivity contribution in [2.75, 3.05) is 4.90 Å². The van der Waals surface area contributed by atoms with Gasteiger partial charge in [0.05, 0.1) is 25.0 Å². The van der Waals surface area contributed by atoms with Crippen molar-refractivity contribution in [3.63, 3.8) is 0 Å². The lowest BCUT2D eigenvalue weighted by molar-refractivity contribution is 0.668. The highest BCUT2D eigenvalue weighted by Crippen LogP contribution is 2.50. The molecule has 0 aliphatic rings. The fourth-order valence-electron chi connectivity index (χ4n) is 6.23. The van der Waals surface area contributed by atoms with Crippen LogP contribution in [0.15, 0.2) is 172 Å². The van der Waals surface area contributed by atoms with Gasteiger partial charge in [-0.15, -0.1) is 0 Å². The predicted octanol–water partition coefficient (Wildman–Crippen LogP) is 12.3. The molecule has 0 aliphatic heterocycles. The number of para-hydroxylation sites is 2. The zero-order chi connectivity index (χ0) is 35.0. The minimum atomic E-state index is -0.357. The molecule has 9 aromatic rings. The van der Waals surface area contributed by atoms with Crippen LogP contribution in [0.25, 0.3) is 66.1 Å². The molecule has 212 valence electrons. The minimum absolute atomic E-state index is 0.00319. The van der Waals surface area contributed by atoms with Crippen molar-refractivity contribution in [2.45, 2.75) is 0 Å². The molecule has 3 heteroatoms. The van der Waals surface area contributed by atoms with Gasteiger partial charge in [-0.3, -0.25) is 0 Å². The normalized spacial score (nSPS) is 13.4. The van der Waals surface area contributed by atoms with E-state index in [4.69, 9.17) is 15.7 Å². The van der Waals surface area contributed by atoms with Gasteiger partial charge in [0.1, 0.15) is 16.7 Å². The summed E-state index contributed by atoms with van der Waals surface area (Å²) in [6, 6.07) is 39.4. The molecule has 0 radical (unpaired) electrons. The van der Waals surface area contributed by atoms with E-state index in [9.17, 15) is 1.37 Å². The third kappa shape index (κ3) is 4.13. The van der Waals surface area contributed by atoms with E-state index in [1.54, 1.807) is 0 Å². The Balaban J connectivity index is 1.47. The maximum Gasteiger partial charge on any atom is 0.160 e. The van der Waals surface area contributed by atoms with Crippen LogP contribution in [0.1, 0.15) is 8.22 Å². The molecule has 0 saturated heterocycles. The molecule has 0 N–H and O–H groups in total. The Morgan fingerprint density at radius 3 is 2.00 bits per heavy atom. The molecule has 9 rings (SSSR count). The average Bonchev–Trinajstić information content (AvgIpc) is 3.74. The fraction of sp³-hybridized carbons (Fsp3) is 0. The molecule has 0 atom stereocenters. The topological polar surface area (TPSA) is 29.5 Å². The van der Waals surface area contributed by atoms with E-state index in [1.807, 2.05) is 126 Å². The summed E-state index contributed by atoms with van der Waals surface area (Å²) in [4.78, 5) is 1.89. The first-order chi connectivity index (χ1) is 24.8. The van der Waals surface area contributed by atoms with E-state index in [0.29, 0.717) is 33.3 Å². The van der Waals surface area contributed by atoms with Gasteiger partial charge in [-0.2, -0.15) is 0 Å². The Hall–Kier alpha value is -6.06. The van der Waals surface area contributed by atoms with Gasteiger partial charge < -0.3 is 13.7 Å². The highest BCUT2D eigenvalue weighted by Gasteiger charge is 2.26. The Kier molecular flexibility index (Phi) is 4.57. The predicted molar refractivity (Wildman–Crippen MR) is 187 cm³/mol. The van der Waals surface area contributed by atoms with E-state index in [2.05, 4.69) is 0 Å². The molecule has 0 fully saturated rings. The number of fused-ring (bicyclic) bond motifs is 6. The molecule has 0 amide bonds. The van der Waals surface area contributed by atoms with Gasteiger partial charge in [0.25, 0.3) is 0 Å². The number of hydrogen-bond acceptors (Lipinski definition) is 3. The second-order valence-electron chi connectivity index (χ2n) is 10.9. The fourth-order valence-corrected chi connectivity index (χ4v) is 6.23. The number of furan rings is 2. The molecule has 3 nitrogen and oxygen atoms in total. The van der Waals surface area contributed by atoms with Crippen molar-refractivity contribution in [1.82, 2.24) is 0 Å². The van der Waals surface area contributed by atoms with Crippen LogP contribution in [0.5, 0.6) is 0 Å². The van der Waals surface area contributed by atoms with Gasteiger partial charge in [0, 0.05) is 27.4 Å². The van der Waals surface area contributed by atoms with Crippen molar-refractivity contribution < 1.29 is 17.1 Å². The van der Waals surface area contributed by atoms with E-state index < -0.39 is 0 Å². The molecule has 2 aromatic heterocycles. The summed E-state index contributed by atoms with van der Waals surface area (Å²) in [7, 11) is 0. The zero-order valence-electron chi connectivity index (χ0n) is 29.9. The van der Waals surface area contributed by atoms with Gasteiger partial charge in [-0.05, 0) is 59.1 Å². The Morgan fingerprint density at radius 1 is 0.467 bits per heavy atom. The van der Waals surface area contributed by atoms with Crippen LogP contribution < -0.4 is 4.90 Å². The highest BCUT2D eigenvalue weighted by molar-refractivity contribution is 6.18. The Labute approximate surface area is 268 Å². The largest absolute Gasteiger partial charge is 0.456 e. The van der Waals surface area contributed by atoms with E-state index in [0.717, 1.165) is 33.0 Å².